The van der Waals surface area contributed by atoms with Gasteiger partial charge in [-0.1, -0.05) is 0 Å². The summed E-state index contributed by atoms with van der Waals surface area (Å²) in [7, 11) is 0.955. The van der Waals surface area contributed by atoms with Crippen molar-refractivity contribution in [3.63, 3.8) is 0 Å². The van der Waals surface area contributed by atoms with Crippen LogP contribution in [0.2, 0.25) is 0 Å². The maximum atomic E-state index is 12.5. The molecule has 0 radical (unpaired) electrons. The second-order valence-corrected chi connectivity index (χ2v) is 3.23. The summed E-state index contributed by atoms with van der Waals surface area (Å²) in [5, 5.41) is 8.50. The van der Waals surface area contributed by atoms with E-state index in [1.165, 1.54) is 0 Å². The van der Waals surface area contributed by atoms with Crippen molar-refractivity contribution in [2.45, 2.75) is 19.2 Å². The van der Waals surface area contributed by atoms with E-state index in [0.29, 0.717) is 6.07 Å². The summed E-state index contributed by atoms with van der Waals surface area (Å²) in [5.41, 5.74) is -1.17. The summed E-state index contributed by atoms with van der Waals surface area (Å²) >= 11 is 0. The summed E-state index contributed by atoms with van der Waals surface area (Å²) in [4.78, 5) is 3.21. The summed E-state index contributed by atoms with van der Waals surface area (Å²) in [6.45, 7) is 0. The number of hydrogen-bond acceptors (Lipinski definition) is 4. The molecule has 0 saturated heterocycles. The van der Waals surface area contributed by atoms with E-state index in [1.807, 2.05) is 0 Å². The number of alkyl halides is 5. The van der Waals surface area contributed by atoms with Crippen LogP contribution >= 0.6 is 0 Å². The molecule has 0 fully saturated rings. The normalized spacial score (nSPS) is 11.3. The van der Waals surface area contributed by atoms with Crippen LogP contribution in [0.1, 0.15) is 17.7 Å². The highest BCUT2D eigenvalue weighted by molar-refractivity contribution is 5.45. The van der Waals surface area contributed by atoms with Gasteiger partial charge in [-0.05, 0) is 6.07 Å². The third kappa shape index (κ3) is 3.94. The highest BCUT2D eigenvalue weighted by Crippen LogP contribution is 2.36. The standard InChI is InChI=1S/C10H7F5N2O2/c1-18-9-7(19-10(13,14)15)5(2-3-16)4-6(17-9)8(11)12/h4,8H,2H2,1H3. The Bertz CT molecular complexity index is 496. The molecule has 0 N–H and O–H groups in total. The van der Waals surface area contributed by atoms with Crippen LogP contribution in [0.4, 0.5) is 22.0 Å². The first-order valence-electron chi connectivity index (χ1n) is 4.77. The Hall–Kier alpha value is -2.11. The number of nitrogens with zero attached hydrogens (tertiary/aromatic N) is 2. The molecule has 1 heterocycles. The number of ether oxygens (including phenoxy) is 2. The molecule has 9 heteroatoms. The molecule has 0 aliphatic heterocycles. The van der Waals surface area contributed by atoms with Gasteiger partial charge in [0.25, 0.3) is 12.3 Å². The molecule has 1 aromatic rings. The van der Waals surface area contributed by atoms with Crippen molar-refractivity contribution < 1.29 is 31.4 Å². The van der Waals surface area contributed by atoms with Crippen LogP contribution in [0.3, 0.4) is 0 Å². The lowest BCUT2D eigenvalue weighted by atomic mass is 10.1. The van der Waals surface area contributed by atoms with Crippen molar-refractivity contribution in [1.29, 1.82) is 5.26 Å². The van der Waals surface area contributed by atoms with Gasteiger partial charge in [0, 0.05) is 5.56 Å². The van der Waals surface area contributed by atoms with Crippen LogP contribution in [-0.2, 0) is 6.42 Å². The van der Waals surface area contributed by atoms with Crippen LogP contribution in [0.15, 0.2) is 6.07 Å². The van der Waals surface area contributed by atoms with Gasteiger partial charge in [-0.3, -0.25) is 0 Å². The van der Waals surface area contributed by atoms with Gasteiger partial charge >= 0.3 is 6.36 Å². The van der Waals surface area contributed by atoms with E-state index in [2.05, 4.69) is 14.5 Å². The van der Waals surface area contributed by atoms with Gasteiger partial charge in [-0.2, -0.15) is 5.26 Å². The number of methoxy groups -OCH3 is 1. The van der Waals surface area contributed by atoms with Gasteiger partial charge in [-0.25, -0.2) is 13.8 Å². The van der Waals surface area contributed by atoms with Crippen molar-refractivity contribution >= 4 is 0 Å². The third-order valence-corrected chi connectivity index (χ3v) is 1.94. The lowest BCUT2D eigenvalue weighted by Gasteiger charge is -2.15. The first-order chi connectivity index (χ1) is 8.78. The molecule has 0 atom stereocenters. The molecule has 19 heavy (non-hydrogen) atoms. The Kier molecular flexibility index (Phi) is 4.47. The van der Waals surface area contributed by atoms with E-state index in [9.17, 15) is 22.0 Å². The van der Waals surface area contributed by atoms with E-state index >= 15 is 0 Å². The van der Waals surface area contributed by atoms with Crippen LogP contribution in [0, 0.1) is 11.3 Å². The second kappa shape index (κ2) is 5.69. The Morgan fingerprint density at radius 3 is 2.47 bits per heavy atom. The number of pyridine rings is 1. The zero-order valence-electron chi connectivity index (χ0n) is 9.46. The molecule has 0 aliphatic rings. The number of hydrogen-bond donors (Lipinski definition) is 0. The quantitative estimate of drug-likeness (QED) is 0.797. The van der Waals surface area contributed by atoms with Crippen molar-refractivity contribution in [2.75, 3.05) is 7.11 Å². The predicted molar refractivity (Wildman–Crippen MR) is 51.7 cm³/mol. The third-order valence-electron chi connectivity index (χ3n) is 1.94. The highest BCUT2D eigenvalue weighted by Gasteiger charge is 2.34. The van der Waals surface area contributed by atoms with Gasteiger partial charge in [0.05, 0.1) is 19.6 Å². The average molecular weight is 282 g/mol. The van der Waals surface area contributed by atoms with E-state index < -0.39 is 36.5 Å². The minimum absolute atomic E-state index is 0.373. The first kappa shape index (κ1) is 14.9. The second-order valence-electron chi connectivity index (χ2n) is 3.23. The van der Waals surface area contributed by atoms with Crippen LogP contribution in [0.5, 0.6) is 11.6 Å². The molecule has 0 bridgehead atoms. The van der Waals surface area contributed by atoms with Gasteiger partial charge in [0.15, 0.2) is 5.75 Å². The molecule has 4 nitrogen and oxygen atoms in total. The Morgan fingerprint density at radius 2 is 2.05 bits per heavy atom. The summed E-state index contributed by atoms with van der Waals surface area (Å²) in [6.07, 6.45) is -8.61. The predicted octanol–water partition coefficient (Wildman–Crippen LogP) is 2.99. The van der Waals surface area contributed by atoms with E-state index in [0.717, 1.165) is 7.11 Å². The maximum absolute atomic E-state index is 12.5. The van der Waals surface area contributed by atoms with E-state index in [-0.39, 0.29) is 5.56 Å². The monoisotopic (exact) mass is 282 g/mol. The molecule has 0 aliphatic carbocycles. The molecule has 0 aromatic carbocycles. The Morgan fingerprint density at radius 1 is 1.42 bits per heavy atom. The van der Waals surface area contributed by atoms with Crippen molar-refractivity contribution in [1.82, 2.24) is 4.98 Å². The maximum Gasteiger partial charge on any atom is 0.573 e. The molecule has 1 rings (SSSR count). The Labute approximate surface area is 104 Å². The summed E-state index contributed by atoms with van der Waals surface area (Å²) in [5.74, 6) is -1.64. The highest BCUT2D eigenvalue weighted by atomic mass is 19.4. The summed E-state index contributed by atoms with van der Waals surface area (Å²) < 4.78 is 69.8. The number of nitriles is 1. The molecular weight excluding hydrogens is 275 g/mol. The number of halogens is 5. The number of aromatic nitrogens is 1. The fraction of sp³-hybridized carbons (Fsp3) is 0.400. The molecular formula is C10H7F5N2O2. The van der Waals surface area contributed by atoms with Gasteiger partial charge in [0.2, 0.25) is 0 Å². The van der Waals surface area contributed by atoms with Gasteiger partial charge in [0.1, 0.15) is 5.69 Å². The fourth-order valence-electron chi connectivity index (χ4n) is 1.27. The SMILES string of the molecule is COc1nc(C(F)F)cc(CC#N)c1OC(F)(F)F. The van der Waals surface area contributed by atoms with E-state index in [4.69, 9.17) is 5.26 Å². The molecule has 104 valence electrons. The zero-order chi connectivity index (χ0) is 14.6. The fourth-order valence-corrected chi connectivity index (χ4v) is 1.27. The zero-order valence-corrected chi connectivity index (χ0v) is 9.46. The lowest BCUT2D eigenvalue weighted by Crippen LogP contribution is -2.19. The number of rotatable bonds is 4. The van der Waals surface area contributed by atoms with Crippen LogP contribution < -0.4 is 9.47 Å². The van der Waals surface area contributed by atoms with Crippen LogP contribution in [0.25, 0.3) is 0 Å². The minimum Gasteiger partial charge on any atom is -0.478 e. The van der Waals surface area contributed by atoms with Crippen LogP contribution in [-0.4, -0.2) is 18.5 Å². The minimum atomic E-state index is -5.05. The van der Waals surface area contributed by atoms with Crippen molar-refractivity contribution in [3.8, 4) is 17.7 Å². The average Bonchev–Trinajstić information content (AvgIpc) is 2.29. The molecule has 0 unspecified atom stereocenters. The molecule has 0 spiro atoms. The summed E-state index contributed by atoms with van der Waals surface area (Å²) in [6, 6.07) is 2.23. The Balaban J connectivity index is 3.36. The van der Waals surface area contributed by atoms with Gasteiger partial charge < -0.3 is 9.47 Å². The molecule has 0 amide bonds. The van der Waals surface area contributed by atoms with Gasteiger partial charge in [-0.15, -0.1) is 13.2 Å². The first-order valence-corrected chi connectivity index (χ1v) is 4.77. The largest absolute Gasteiger partial charge is 0.573 e. The van der Waals surface area contributed by atoms with Crippen molar-refractivity contribution in [3.05, 3.63) is 17.3 Å². The molecule has 1 aromatic heterocycles. The van der Waals surface area contributed by atoms with E-state index in [1.54, 1.807) is 6.07 Å². The smallest absolute Gasteiger partial charge is 0.478 e. The molecule has 0 saturated carbocycles. The lowest BCUT2D eigenvalue weighted by molar-refractivity contribution is -0.275. The topological polar surface area (TPSA) is 55.1 Å². The van der Waals surface area contributed by atoms with Crippen molar-refractivity contribution in [2.24, 2.45) is 0 Å².